The predicted octanol–water partition coefficient (Wildman–Crippen LogP) is 3.89. The van der Waals surface area contributed by atoms with E-state index in [9.17, 15) is 4.79 Å². The Morgan fingerprint density at radius 2 is 1.79 bits per heavy atom. The molecule has 1 aromatic heterocycles. The van der Waals surface area contributed by atoms with Crippen molar-refractivity contribution in [2.75, 3.05) is 5.32 Å². The molecule has 5 heteroatoms. The van der Waals surface area contributed by atoms with Gasteiger partial charge in [0.1, 0.15) is 0 Å². The average molecular weight is 269 g/mol. The first-order valence-electron chi connectivity index (χ1n) is 5.80. The van der Waals surface area contributed by atoms with Gasteiger partial charge in [0.05, 0.1) is 11.0 Å². The van der Waals surface area contributed by atoms with Gasteiger partial charge in [0, 0.05) is 17.4 Å². The van der Waals surface area contributed by atoms with E-state index in [0.717, 1.165) is 28.5 Å². The van der Waals surface area contributed by atoms with Crippen LogP contribution in [0, 0.1) is 0 Å². The van der Waals surface area contributed by atoms with Gasteiger partial charge in [-0.1, -0.05) is 30.3 Å². The fourth-order valence-electron chi connectivity index (χ4n) is 1.73. The van der Waals surface area contributed by atoms with Gasteiger partial charge in [-0.05, 0) is 24.3 Å². The van der Waals surface area contributed by atoms with Crippen LogP contribution in [0.3, 0.4) is 0 Å². The van der Waals surface area contributed by atoms with Crippen molar-refractivity contribution in [3.63, 3.8) is 0 Å². The number of nitrogens with zero attached hydrogens (tertiary/aromatic N) is 1. The van der Waals surface area contributed by atoms with E-state index >= 15 is 0 Å². The van der Waals surface area contributed by atoms with Crippen LogP contribution in [0.4, 0.5) is 10.5 Å². The van der Waals surface area contributed by atoms with Crippen molar-refractivity contribution in [2.24, 2.45) is 0 Å². The van der Waals surface area contributed by atoms with Gasteiger partial charge in [0.2, 0.25) is 0 Å². The predicted molar refractivity (Wildman–Crippen MR) is 77.4 cm³/mol. The Hall–Kier alpha value is -2.27. The minimum absolute atomic E-state index is 0.162. The highest BCUT2D eigenvalue weighted by Crippen LogP contribution is 2.21. The summed E-state index contributed by atoms with van der Waals surface area (Å²) in [5.41, 5.74) is 2.56. The molecule has 1 heterocycles. The molecule has 0 radical (unpaired) electrons. The smallest absolute Gasteiger partial charge is 0.291 e. The van der Waals surface area contributed by atoms with Crippen molar-refractivity contribution in [3.8, 4) is 0 Å². The molecule has 0 atom stereocenters. The first-order valence-corrected chi connectivity index (χ1v) is 6.61. The summed E-state index contributed by atoms with van der Waals surface area (Å²) in [5.74, 6) is 0. The SMILES string of the molecule is O=C(Nc1ccccc1)Sc1nc2ccccc2[nH]1. The molecule has 2 N–H and O–H groups in total. The van der Waals surface area contributed by atoms with E-state index in [1.165, 1.54) is 0 Å². The molecule has 4 nitrogen and oxygen atoms in total. The molecule has 0 saturated heterocycles. The van der Waals surface area contributed by atoms with Crippen molar-refractivity contribution < 1.29 is 4.79 Å². The number of anilines is 1. The van der Waals surface area contributed by atoms with Crippen LogP contribution in [0.1, 0.15) is 0 Å². The standard InChI is InChI=1S/C14H11N3OS/c18-14(15-10-6-2-1-3-7-10)19-13-16-11-8-4-5-9-12(11)17-13/h1-9H,(H,15,18)(H,16,17). The maximum atomic E-state index is 11.9. The molecule has 94 valence electrons. The van der Waals surface area contributed by atoms with E-state index in [-0.39, 0.29) is 5.24 Å². The number of hydrogen-bond acceptors (Lipinski definition) is 3. The van der Waals surface area contributed by atoms with Gasteiger partial charge >= 0.3 is 0 Å². The molecule has 0 spiro atoms. The van der Waals surface area contributed by atoms with Crippen LogP contribution in [0.25, 0.3) is 11.0 Å². The number of nitrogens with one attached hydrogen (secondary N) is 2. The van der Waals surface area contributed by atoms with E-state index in [1.54, 1.807) is 0 Å². The first-order chi connectivity index (χ1) is 9.31. The van der Waals surface area contributed by atoms with Gasteiger partial charge in [0.25, 0.3) is 5.24 Å². The Morgan fingerprint density at radius 1 is 1.05 bits per heavy atom. The molecule has 3 aromatic rings. The molecule has 19 heavy (non-hydrogen) atoms. The third kappa shape index (κ3) is 2.77. The fraction of sp³-hybridized carbons (Fsp3) is 0. The van der Waals surface area contributed by atoms with Crippen molar-refractivity contribution in [1.29, 1.82) is 0 Å². The molecular weight excluding hydrogens is 258 g/mol. The van der Waals surface area contributed by atoms with Crippen molar-refractivity contribution in [2.45, 2.75) is 5.16 Å². The van der Waals surface area contributed by atoms with Crippen LogP contribution in [-0.2, 0) is 0 Å². The highest BCUT2D eigenvalue weighted by atomic mass is 32.2. The topological polar surface area (TPSA) is 57.8 Å². The molecule has 0 bridgehead atoms. The number of rotatable bonds is 2. The van der Waals surface area contributed by atoms with Crippen LogP contribution >= 0.6 is 11.8 Å². The molecule has 0 aliphatic heterocycles. The number of carbonyl (C=O) groups excluding carboxylic acids is 1. The number of H-pyrrole nitrogens is 1. The Kier molecular flexibility index (Phi) is 3.20. The number of benzene rings is 2. The highest BCUT2D eigenvalue weighted by Gasteiger charge is 2.09. The molecular formula is C14H11N3OS. The summed E-state index contributed by atoms with van der Waals surface area (Å²) in [6, 6.07) is 17.0. The van der Waals surface area contributed by atoms with Crippen LogP contribution in [0.5, 0.6) is 0 Å². The second-order valence-electron chi connectivity index (χ2n) is 3.94. The minimum Gasteiger partial charge on any atom is -0.332 e. The third-order valence-electron chi connectivity index (χ3n) is 2.58. The summed E-state index contributed by atoms with van der Waals surface area (Å²) in [6.07, 6.45) is 0. The lowest BCUT2D eigenvalue weighted by Crippen LogP contribution is -2.04. The van der Waals surface area contributed by atoms with Crippen LogP contribution in [0.15, 0.2) is 59.8 Å². The lowest BCUT2D eigenvalue weighted by molar-refractivity contribution is 0.269. The average Bonchev–Trinajstić information content (AvgIpc) is 2.81. The second-order valence-corrected chi connectivity index (χ2v) is 4.90. The fourth-order valence-corrected chi connectivity index (χ4v) is 2.38. The number of para-hydroxylation sites is 3. The summed E-state index contributed by atoms with van der Waals surface area (Å²) < 4.78 is 0. The molecule has 0 aliphatic rings. The number of carbonyl (C=O) groups is 1. The lowest BCUT2D eigenvalue weighted by atomic mass is 10.3. The van der Waals surface area contributed by atoms with E-state index < -0.39 is 0 Å². The summed E-state index contributed by atoms with van der Waals surface area (Å²) in [7, 11) is 0. The van der Waals surface area contributed by atoms with Crippen molar-refractivity contribution >= 4 is 33.7 Å². The number of aromatic nitrogens is 2. The molecule has 3 rings (SSSR count). The number of imidazole rings is 1. The number of hydrogen-bond donors (Lipinski definition) is 2. The van der Waals surface area contributed by atoms with Gasteiger partial charge in [-0.25, -0.2) is 4.98 Å². The molecule has 0 saturated carbocycles. The number of aromatic amines is 1. The quantitative estimate of drug-likeness (QED) is 0.694. The lowest BCUT2D eigenvalue weighted by Gasteiger charge is -2.01. The highest BCUT2D eigenvalue weighted by molar-refractivity contribution is 8.13. The zero-order valence-electron chi connectivity index (χ0n) is 9.96. The molecule has 0 fully saturated rings. The maximum Gasteiger partial charge on any atom is 0.291 e. The Labute approximate surface area is 114 Å². The number of fused-ring (bicyclic) bond motifs is 1. The normalized spacial score (nSPS) is 10.5. The van der Waals surface area contributed by atoms with Crippen molar-refractivity contribution in [1.82, 2.24) is 9.97 Å². The Balaban J connectivity index is 1.72. The number of thioether (sulfide) groups is 1. The van der Waals surface area contributed by atoms with Gasteiger partial charge in [0.15, 0.2) is 5.16 Å². The van der Waals surface area contributed by atoms with Gasteiger partial charge in [-0.15, -0.1) is 0 Å². The summed E-state index contributed by atoms with van der Waals surface area (Å²) in [6.45, 7) is 0. The Bertz CT molecular complexity index is 676. The van der Waals surface area contributed by atoms with E-state index in [4.69, 9.17) is 0 Å². The Morgan fingerprint density at radius 3 is 2.58 bits per heavy atom. The van der Waals surface area contributed by atoms with Crippen molar-refractivity contribution in [3.05, 3.63) is 54.6 Å². The second kappa shape index (κ2) is 5.16. The van der Waals surface area contributed by atoms with E-state index in [2.05, 4.69) is 15.3 Å². The van der Waals surface area contributed by atoms with Gasteiger partial charge < -0.3 is 10.3 Å². The van der Waals surface area contributed by atoms with E-state index in [1.807, 2.05) is 54.6 Å². The molecule has 2 aromatic carbocycles. The molecule has 0 aliphatic carbocycles. The monoisotopic (exact) mass is 269 g/mol. The van der Waals surface area contributed by atoms with Crippen LogP contribution in [0.2, 0.25) is 0 Å². The van der Waals surface area contributed by atoms with Gasteiger partial charge in [-0.3, -0.25) is 4.79 Å². The molecule has 0 unspecified atom stereocenters. The summed E-state index contributed by atoms with van der Waals surface area (Å²) in [4.78, 5) is 19.3. The third-order valence-corrected chi connectivity index (χ3v) is 3.25. The van der Waals surface area contributed by atoms with Gasteiger partial charge in [-0.2, -0.15) is 0 Å². The number of amides is 1. The zero-order valence-corrected chi connectivity index (χ0v) is 10.8. The minimum atomic E-state index is -0.162. The summed E-state index contributed by atoms with van der Waals surface area (Å²) >= 11 is 1.05. The summed E-state index contributed by atoms with van der Waals surface area (Å²) in [5, 5.41) is 3.23. The zero-order chi connectivity index (χ0) is 13.1. The van der Waals surface area contributed by atoms with E-state index in [0.29, 0.717) is 5.16 Å². The first kappa shape index (κ1) is 11.8. The maximum absolute atomic E-state index is 11.9. The van der Waals surface area contributed by atoms with Crippen LogP contribution < -0.4 is 5.32 Å². The largest absolute Gasteiger partial charge is 0.332 e. The van der Waals surface area contributed by atoms with Crippen LogP contribution in [-0.4, -0.2) is 15.2 Å². The molecule has 1 amide bonds.